The van der Waals surface area contributed by atoms with Gasteiger partial charge in [0.1, 0.15) is 0 Å². The minimum absolute atomic E-state index is 0.0509. The molecule has 3 nitrogen and oxygen atoms in total. The zero-order chi connectivity index (χ0) is 9.02. The first kappa shape index (κ1) is 10.9. The topological polar surface area (TPSA) is 43.7 Å². The first-order valence-corrected chi connectivity index (χ1v) is 3.97. The second-order valence-electron chi connectivity index (χ2n) is 3.36. The van der Waals surface area contributed by atoms with Gasteiger partial charge in [0.2, 0.25) is 0 Å². The lowest BCUT2D eigenvalue weighted by Crippen LogP contribution is -2.39. The molecule has 0 amide bonds. The van der Waals surface area contributed by atoms with Crippen molar-refractivity contribution in [2.24, 2.45) is 0 Å². The molecule has 0 bridgehead atoms. The Bertz CT molecular complexity index is 94.3. The Morgan fingerprint density at radius 3 is 1.73 bits per heavy atom. The molecule has 0 aliphatic rings. The molecule has 2 N–H and O–H groups in total. The number of rotatable bonds is 4. The highest BCUT2D eigenvalue weighted by Crippen LogP contribution is 2.07. The third-order valence-electron chi connectivity index (χ3n) is 1.80. The molecule has 0 rings (SSSR count). The summed E-state index contributed by atoms with van der Waals surface area (Å²) in [6.07, 6.45) is -0.124. The summed E-state index contributed by atoms with van der Waals surface area (Å²) in [6.45, 7) is 3.48. The van der Waals surface area contributed by atoms with E-state index >= 15 is 0 Å². The molecule has 0 aromatic rings. The van der Waals surface area contributed by atoms with E-state index in [1.54, 1.807) is 13.8 Å². The van der Waals surface area contributed by atoms with Gasteiger partial charge in [-0.25, -0.2) is 0 Å². The number of hydrogen-bond donors (Lipinski definition) is 2. The van der Waals surface area contributed by atoms with E-state index in [0.29, 0.717) is 6.42 Å². The van der Waals surface area contributed by atoms with E-state index in [9.17, 15) is 5.11 Å². The van der Waals surface area contributed by atoms with Crippen LogP contribution >= 0.6 is 0 Å². The van der Waals surface area contributed by atoms with Crippen LogP contribution in [0.5, 0.6) is 0 Å². The van der Waals surface area contributed by atoms with Gasteiger partial charge in [0.15, 0.2) is 0 Å². The van der Waals surface area contributed by atoms with Crippen molar-refractivity contribution in [1.29, 1.82) is 0 Å². The molecule has 0 aromatic carbocycles. The maximum atomic E-state index is 9.28. The van der Waals surface area contributed by atoms with Crippen LogP contribution in [0.2, 0.25) is 0 Å². The fraction of sp³-hybridized carbons (Fsp3) is 1.00. The molecule has 3 unspecified atom stereocenters. The average molecular weight is 161 g/mol. The van der Waals surface area contributed by atoms with Crippen LogP contribution < -0.4 is 0 Å². The molecule has 0 saturated heterocycles. The molecule has 0 saturated carbocycles. The summed E-state index contributed by atoms with van der Waals surface area (Å²) in [7, 11) is 3.81. The lowest BCUT2D eigenvalue weighted by Gasteiger charge is -2.27. The van der Waals surface area contributed by atoms with Gasteiger partial charge in [-0.15, -0.1) is 0 Å². The largest absolute Gasteiger partial charge is 0.393 e. The van der Waals surface area contributed by atoms with Crippen molar-refractivity contribution >= 4 is 0 Å². The predicted octanol–water partition coefficient (Wildman–Crippen LogP) is 0.0683. The Kier molecular flexibility index (Phi) is 4.65. The van der Waals surface area contributed by atoms with Crippen LogP contribution in [0.1, 0.15) is 20.3 Å². The van der Waals surface area contributed by atoms with Crippen molar-refractivity contribution in [2.75, 3.05) is 14.1 Å². The van der Waals surface area contributed by atoms with Gasteiger partial charge in [-0.2, -0.15) is 0 Å². The molecule has 3 atom stereocenters. The molecule has 0 heterocycles. The molecule has 0 fully saturated rings. The van der Waals surface area contributed by atoms with Gasteiger partial charge in [0.25, 0.3) is 0 Å². The van der Waals surface area contributed by atoms with E-state index in [-0.39, 0.29) is 18.2 Å². The zero-order valence-electron chi connectivity index (χ0n) is 7.78. The van der Waals surface area contributed by atoms with E-state index in [1.165, 1.54) is 0 Å². The van der Waals surface area contributed by atoms with Gasteiger partial charge in [0.05, 0.1) is 12.2 Å². The van der Waals surface area contributed by atoms with Crippen LogP contribution in [0.3, 0.4) is 0 Å². The predicted molar refractivity (Wildman–Crippen MR) is 45.5 cm³/mol. The van der Waals surface area contributed by atoms with Crippen LogP contribution in [0.25, 0.3) is 0 Å². The zero-order valence-corrected chi connectivity index (χ0v) is 7.78. The van der Waals surface area contributed by atoms with Crippen LogP contribution in [-0.4, -0.2) is 47.5 Å². The fourth-order valence-corrected chi connectivity index (χ4v) is 1.19. The second-order valence-corrected chi connectivity index (χ2v) is 3.36. The summed E-state index contributed by atoms with van der Waals surface area (Å²) in [6, 6.07) is 0.0509. The average Bonchev–Trinajstić information content (AvgIpc) is 1.81. The smallest absolute Gasteiger partial charge is 0.0668 e. The summed E-state index contributed by atoms with van der Waals surface area (Å²) in [5.74, 6) is 0. The highest BCUT2D eigenvalue weighted by Gasteiger charge is 2.18. The molecule has 0 radical (unpaired) electrons. The fourth-order valence-electron chi connectivity index (χ4n) is 1.19. The number of aliphatic hydroxyl groups excluding tert-OH is 2. The van der Waals surface area contributed by atoms with Crippen LogP contribution in [0.4, 0.5) is 0 Å². The Morgan fingerprint density at radius 1 is 1.18 bits per heavy atom. The summed E-state index contributed by atoms with van der Waals surface area (Å²) < 4.78 is 0. The molecule has 0 aliphatic carbocycles. The lowest BCUT2D eigenvalue weighted by molar-refractivity contribution is 0.0524. The summed E-state index contributed by atoms with van der Waals surface area (Å²) >= 11 is 0. The first-order chi connectivity index (χ1) is 4.95. The van der Waals surface area contributed by atoms with Gasteiger partial charge in [-0.1, -0.05) is 0 Å². The van der Waals surface area contributed by atoms with E-state index in [4.69, 9.17) is 5.11 Å². The van der Waals surface area contributed by atoms with Crippen molar-refractivity contribution in [3.8, 4) is 0 Å². The van der Waals surface area contributed by atoms with Crippen LogP contribution in [0, 0.1) is 0 Å². The van der Waals surface area contributed by atoms with Crippen molar-refractivity contribution in [3.63, 3.8) is 0 Å². The Hall–Kier alpha value is -0.120. The SMILES string of the molecule is CC(O)CC(C(C)O)N(C)C. The van der Waals surface area contributed by atoms with Crippen LogP contribution in [0.15, 0.2) is 0 Å². The van der Waals surface area contributed by atoms with Gasteiger partial charge in [-0.05, 0) is 34.4 Å². The van der Waals surface area contributed by atoms with Crippen LogP contribution in [-0.2, 0) is 0 Å². The lowest BCUT2D eigenvalue weighted by atomic mass is 10.0. The third kappa shape index (κ3) is 4.35. The van der Waals surface area contributed by atoms with Crippen molar-refractivity contribution in [3.05, 3.63) is 0 Å². The van der Waals surface area contributed by atoms with Crippen molar-refractivity contribution in [1.82, 2.24) is 4.90 Å². The molecule has 3 heteroatoms. The number of aliphatic hydroxyl groups is 2. The third-order valence-corrected chi connectivity index (χ3v) is 1.80. The minimum Gasteiger partial charge on any atom is -0.393 e. The van der Waals surface area contributed by atoms with E-state index in [0.717, 1.165) is 0 Å². The number of hydrogen-bond acceptors (Lipinski definition) is 3. The van der Waals surface area contributed by atoms with E-state index in [1.807, 2.05) is 19.0 Å². The summed E-state index contributed by atoms with van der Waals surface area (Å²) in [5, 5.41) is 18.4. The maximum absolute atomic E-state index is 9.28. The molecule has 0 aromatic heterocycles. The summed E-state index contributed by atoms with van der Waals surface area (Å²) in [5.41, 5.74) is 0. The van der Waals surface area contributed by atoms with Gasteiger partial charge < -0.3 is 15.1 Å². The molecule has 0 spiro atoms. The van der Waals surface area contributed by atoms with Crippen molar-refractivity contribution < 1.29 is 10.2 Å². The van der Waals surface area contributed by atoms with Gasteiger partial charge in [-0.3, -0.25) is 0 Å². The van der Waals surface area contributed by atoms with E-state index in [2.05, 4.69) is 0 Å². The molecule has 68 valence electrons. The second kappa shape index (κ2) is 4.70. The first-order valence-electron chi connectivity index (χ1n) is 3.97. The molecular weight excluding hydrogens is 142 g/mol. The molecular formula is C8H19NO2. The molecule has 11 heavy (non-hydrogen) atoms. The normalized spacial score (nSPS) is 19.9. The van der Waals surface area contributed by atoms with Gasteiger partial charge >= 0.3 is 0 Å². The monoisotopic (exact) mass is 161 g/mol. The minimum atomic E-state index is -0.389. The quantitative estimate of drug-likeness (QED) is 0.613. The van der Waals surface area contributed by atoms with Gasteiger partial charge in [0, 0.05) is 6.04 Å². The Labute approximate surface area is 68.6 Å². The maximum Gasteiger partial charge on any atom is 0.0668 e. The van der Waals surface area contributed by atoms with E-state index < -0.39 is 0 Å². The Morgan fingerprint density at radius 2 is 1.64 bits per heavy atom. The highest BCUT2D eigenvalue weighted by molar-refractivity contribution is 4.73. The number of likely N-dealkylation sites (N-methyl/N-ethyl adjacent to an activating group) is 1. The van der Waals surface area contributed by atoms with Crippen molar-refractivity contribution in [2.45, 2.75) is 38.5 Å². The molecule has 0 aliphatic heterocycles. The Balaban J connectivity index is 3.90. The number of nitrogens with zero attached hydrogens (tertiary/aromatic N) is 1. The summed E-state index contributed by atoms with van der Waals surface area (Å²) in [4.78, 5) is 1.93. The standard InChI is InChI=1S/C8H19NO2/c1-6(10)5-8(7(2)11)9(3)4/h6-8,10-11H,5H2,1-4H3. The highest BCUT2D eigenvalue weighted by atomic mass is 16.3.